The third-order valence-electron chi connectivity index (χ3n) is 9.59. The molecule has 51 heavy (non-hydrogen) atoms. The number of azo groups is 2. The van der Waals surface area contributed by atoms with Gasteiger partial charge in [-0.05, 0) is 62.2 Å². The Morgan fingerprint density at radius 1 is 0.765 bits per heavy atom. The second-order valence-electron chi connectivity index (χ2n) is 13.4. The molecule has 4 N–H and O–H groups in total. The summed E-state index contributed by atoms with van der Waals surface area (Å²) in [6.45, 7) is 2.15. The van der Waals surface area contributed by atoms with Gasteiger partial charge in [-0.15, -0.1) is 15.3 Å². The van der Waals surface area contributed by atoms with E-state index in [1.54, 1.807) is 0 Å². The number of nitrogens with one attached hydrogen (secondary N) is 4. The van der Waals surface area contributed by atoms with Gasteiger partial charge >= 0.3 is 12.0 Å². The summed E-state index contributed by atoms with van der Waals surface area (Å²) >= 11 is 1.89. The number of carbonyl (C=O) groups excluding carboxylic acids is 2. The van der Waals surface area contributed by atoms with Crippen molar-refractivity contribution in [2.24, 2.45) is 20.5 Å². The fourth-order valence-corrected chi connectivity index (χ4v) is 8.64. The summed E-state index contributed by atoms with van der Waals surface area (Å²) in [5, 5.41) is 35.7. The highest BCUT2D eigenvalue weighted by Gasteiger charge is 2.42. The van der Waals surface area contributed by atoms with Crippen LogP contribution in [0.25, 0.3) is 21.5 Å². The molecule has 1 unspecified atom stereocenters. The molecule has 3 aliphatic rings. The molecule has 4 atom stereocenters. The predicted molar refractivity (Wildman–Crippen MR) is 203 cm³/mol. The van der Waals surface area contributed by atoms with E-state index < -0.39 is 5.66 Å². The van der Waals surface area contributed by atoms with Crippen LogP contribution < -0.4 is 21.3 Å². The van der Waals surface area contributed by atoms with Crippen LogP contribution in [-0.2, 0) is 9.53 Å². The van der Waals surface area contributed by atoms with Crippen LogP contribution in [0.2, 0.25) is 0 Å². The second kappa shape index (κ2) is 14.0. The van der Waals surface area contributed by atoms with Gasteiger partial charge in [0.15, 0.2) is 0 Å². The zero-order valence-electron chi connectivity index (χ0n) is 28.1. The molecule has 2 amide bonds. The van der Waals surface area contributed by atoms with Crippen LogP contribution in [0.5, 0.6) is 0 Å². The Hall–Kier alpha value is -5.49. The molecule has 0 spiro atoms. The number of hydrogen-bond donors (Lipinski definition) is 4. The first-order valence-corrected chi connectivity index (χ1v) is 18.3. The van der Waals surface area contributed by atoms with Crippen molar-refractivity contribution in [1.82, 2.24) is 10.6 Å². The van der Waals surface area contributed by atoms with Gasteiger partial charge in [0.2, 0.25) is 0 Å². The molecule has 0 radical (unpaired) electrons. The molecule has 0 bridgehead atoms. The highest BCUT2D eigenvalue weighted by molar-refractivity contribution is 8.00. The van der Waals surface area contributed by atoms with Gasteiger partial charge in [0.05, 0.1) is 34.8 Å². The van der Waals surface area contributed by atoms with E-state index >= 15 is 0 Å². The summed E-state index contributed by atoms with van der Waals surface area (Å²) in [4.78, 5) is 24.4. The summed E-state index contributed by atoms with van der Waals surface area (Å²) in [5.41, 5.74) is 4.19. The van der Waals surface area contributed by atoms with Crippen molar-refractivity contribution < 1.29 is 14.3 Å². The maximum Gasteiger partial charge on any atom is 0.315 e. The van der Waals surface area contributed by atoms with Crippen molar-refractivity contribution in [2.75, 3.05) is 23.0 Å². The number of amides is 2. The number of rotatable bonds is 11. The average Bonchev–Trinajstić information content (AvgIpc) is 3.71. The third kappa shape index (κ3) is 6.96. The maximum absolute atomic E-state index is 12.7. The Balaban J connectivity index is 0.915. The van der Waals surface area contributed by atoms with E-state index in [1.165, 1.54) is 0 Å². The SMILES string of the molecule is CC1(COC(=O)CCCC[C@@H]2SC[C@@H]3NC(=O)N[C@@H]32)Nc2cccc3c(N=Nc4ccc(N=Nc5ccccc5)c5ccccc45)ccc(c23)N1. The van der Waals surface area contributed by atoms with Crippen LogP contribution in [0.4, 0.5) is 38.9 Å². The van der Waals surface area contributed by atoms with Gasteiger partial charge in [0.1, 0.15) is 12.3 Å². The number of carbonyl (C=O) groups is 2. The molecule has 0 aliphatic carbocycles. The van der Waals surface area contributed by atoms with Crippen LogP contribution >= 0.6 is 11.8 Å². The summed E-state index contributed by atoms with van der Waals surface area (Å²) < 4.78 is 5.76. The minimum absolute atomic E-state index is 0.0717. The fraction of sp³-hybridized carbons (Fsp3) is 0.282. The van der Waals surface area contributed by atoms with Gasteiger partial charge in [-0.1, -0.05) is 61.0 Å². The van der Waals surface area contributed by atoms with Gasteiger partial charge in [-0.2, -0.15) is 16.9 Å². The summed E-state index contributed by atoms with van der Waals surface area (Å²) in [7, 11) is 0. The molecule has 8 rings (SSSR count). The van der Waals surface area contributed by atoms with Crippen molar-refractivity contribution in [1.29, 1.82) is 0 Å². The summed E-state index contributed by atoms with van der Waals surface area (Å²) in [6.07, 6.45) is 3.00. The lowest BCUT2D eigenvalue weighted by Gasteiger charge is -2.38. The van der Waals surface area contributed by atoms with E-state index in [9.17, 15) is 9.59 Å². The first-order valence-electron chi connectivity index (χ1n) is 17.3. The van der Waals surface area contributed by atoms with Crippen LogP contribution in [0.1, 0.15) is 32.6 Å². The first kappa shape index (κ1) is 32.7. The third-order valence-corrected chi connectivity index (χ3v) is 11.1. The lowest BCUT2D eigenvalue weighted by molar-refractivity contribution is -0.144. The molecule has 0 saturated carbocycles. The number of ether oxygens (including phenoxy) is 1. The van der Waals surface area contributed by atoms with Crippen molar-refractivity contribution in [3.8, 4) is 0 Å². The highest BCUT2D eigenvalue weighted by Crippen LogP contribution is 2.43. The number of urea groups is 1. The van der Waals surface area contributed by atoms with Crippen LogP contribution in [0.15, 0.2) is 118 Å². The maximum atomic E-state index is 12.7. The number of esters is 1. The lowest BCUT2D eigenvalue weighted by Crippen LogP contribution is -2.49. The predicted octanol–water partition coefficient (Wildman–Crippen LogP) is 9.65. The molecule has 258 valence electrons. The number of nitrogens with zero attached hydrogens (tertiary/aromatic N) is 4. The van der Waals surface area contributed by atoms with Crippen LogP contribution in [-0.4, -0.2) is 47.4 Å². The Labute approximate surface area is 299 Å². The van der Waals surface area contributed by atoms with E-state index in [2.05, 4.69) is 31.5 Å². The molecule has 12 heteroatoms. The fourth-order valence-electron chi connectivity index (χ4n) is 7.10. The Bertz CT molecular complexity index is 2160. The van der Waals surface area contributed by atoms with Gasteiger partial charge in [0, 0.05) is 50.3 Å². The average molecular weight is 699 g/mol. The number of benzene rings is 5. The number of anilines is 2. The molecule has 3 heterocycles. The van der Waals surface area contributed by atoms with Crippen molar-refractivity contribution in [2.45, 2.75) is 55.6 Å². The zero-order chi connectivity index (χ0) is 34.8. The van der Waals surface area contributed by atoms with Gasteiger partial charge in [0.25, 0.3) is 0 Å². The molecule has 2 saturated heterocycles. The van der Waals surface area contributed by atoms with Gasteiger partial charge in [-0.3, -0.25) is 4.79 Å². The highest BCUT2D eigenvalue weighted by atomic mass is 32.2. The summed E-state index contributed by atoms with van der Waals surface area (Å²) in [6, 6.07) is 31.8. The number of unbranched alkanes of at least 4 members (excludes halogenated alkanes) is 1. The van der Waals surface area contributed by atoms with E-state index in [-0.39, 0.29) is 30.7 Å². The Kier molecular flexibility index (Phi) is 8.99. The lowest BCUT2D eigenvalue weighted by atomic mass is 9.99. The van der Waals surface area contributed by atoms with E-state index in [0.717, 1.165) is 80.7 Å². The monoisotopic (exact) mass is 698 g/mol. The minimum Gasteiger partial charge on any atom is -0.461 e. The quantitative estimate of drug-likeness (QED) is 0.0469. The second-order valence-corrected chi connectivity index (χ2v) is 14.6. The van der Waals surface area contributed by atoms with Crippen molar-refractivity contribution >= 4 is 79.4 Å². The van der Waals surface area contributed by atoms with Crippen molar-refractivity contribution in [3.63, 3.8) is 0 Å². The first-order chi connectivity index (χ1) is 24.9. The topological polar surface area (TPSA) is 141 Å². The van der Waals surface area contributed by atoms with Gasteiger partial charge < -0.3 is 26.0 Å². The van der Waals surface area contributed by atoms with Crippen LogP contribution in [0, 0.1) is 0 Å². The van der Waals surface area contributed by atoms with Crippen molar-refractivity contribution in [3.05, 3.63) is 97.1 Å². The molecule has 5 aromatic carbocycles. The largest absolute Gasteiger partial charge is 0.461 e. The molecule has 2 fully saturated rings. The molecule has 0 aromatic heterocycles. The van der Waals surface area contributed by atoms with E-state index in [1.807, 2.05) is 116 Å². The molecule has 3 aliphatic heterocycles. The summed E-state index contributed by atoms with van der Waals surface area (Å²) in [5.74, 6) is 0.722. The molecule has 11 nitrogen and oxygen atoms in total. The van der Waals surface area contributed by atoms with E-state index in [0.29, 0.717) is 11.7 Å². The number of fused-ring (bicyclic) bond motifs is 2. The van der Waals surface area contributed by atoms with Gasteiger partial charge in [-0.25, -0.2) is 4.79 Å². The Morgan fingerprint density at radius 3 is 2.18 bits per heavy atom. The normalized spacial score (nSPS) is 22.1. The number of hydrogen-bond acceptors (Lipinski definition) is 10. The standard InChI is InChI=1S/C39H38N8O3S/c1-39(23-50-35(48)17-8-7-16-34-37-33(22-51-34)40-38(49)41-37)42-31-15-9-14-27-30(20-21-32(43-39)36(27)31)47-46-29-19-18-28(25-12-5-6-13-26(25)29)45-44-24-10-3-2-4-11-24/h2-6,9-15,18-21,33-34,37,42-43H,7-8,16-17,22-23H2,1H3,(H2,40,41,49)/t33-,34-,37-,39?/m0/s1. The molecular weight excluding hydrogens is 661 g/mol. The van der Waals surface area contributed by atoms with E-state index in [4.69, 9.17) is 15.0 Å². The Morgan fingerprint density at radius 2 is 1.41 bits per heavy atom. The molecule has 5 aromatic rings. The zero-order valence-corrected chi connectivity index (χ0v) is 29.0. The smallest absolute Gasteiger partial charge is 0.315 e. The minimum atomic E-state index is -0.693. The number of thioether (sulfide) groups is 1. The molecular formula is C39H38N8O3S. The van der Waals surface area contributed by atoms with Crippen LogP contribution in [0.3, 0.4) is 0 Å².